The standard InChI is InChI=1S/C20H18O8.C10H17N3S/c1-11-3-7-13(8-4-11)19(25)27-15(17(21)22)16(18(23)24)28-20(26)14-9-5-12(2)6-10-14;1-2-5-12-7-3-4-8-9(6-7)14-10(11)13-8/h3-10,15-16H,1-2H3,(H,21,22)(H,23,24);7,12H,2-6H2,1H3,(H2,11,13)/t15-,16-;7-/m00/s1. The highest BCUT2D eigenvalue weighted by molar-refractivity contribution is 7.15. The summed E-state index contributed by atoms with van der Waals surface area (Å²) in [4.78, 5) is 53.1. The molecule has 0 fully saturated rings. The predicted octanol–water partition coefficient (Wildman–Crippen LogP) is 3.81. The Labute approximate surface area is 247 Å². The van der Waals surface area contributed by atoms with Crippen molar-refractivity contribution < 1.29 is 38.9 Å². The van der Waals surface area contributed by atoms with E-state index in [1.165, 1.54) is 47.7 Å². The van der Waals surface area contributed by atoms with Crippen LogP contribution in [0.4, 0.5) is 5.13 Å². The van der Waals surface area contributed by atoms with Crippen LogP contribution in [0.25, 0.3) is 0 Å². The number of carboxylic acid groups (broad SMARTS) is 2. The number of nitrogens with zero attached hydrogens (tertiary/aromatic N) is 1. The van der Waals surface area contributed by atoms with Gasteiger partial charge in [0.05, 0.1) is 16.8 Å². The first-order valence-corrected chi connectivity index (χ1v) is 14.3. The van der Waals surface area contributed by atoms with Crippen molar-refractivity contribution >= 4 is 40.3 Å². The number of carboxylic acids is 2. The van der Waals surface area contributed by atoms with Crippen molar-refractivity contribution in [3.05, 3.63) is 81.4 Å². The normalized spacial score (nSPS) is 15.3. The summed E-state index contributed by atoms with van der Waals surface area (Å²) in [5.74, 6) is -5.62. The highest BCUT2D eigenvalue weighted by atomic mass is 32.1. The fourth-order valence-electron chi connectivity index (χ4n) is 4.15. The van der Waals surface area contributed by atoms with Crippen LogP contribution in [0.1, 0.15) is 62.2 Å². The Morgan fingerprint density at radius 3 is 1.83 bits per heavy atom. The van der Waals surface area contributed by atoms with Crippen LogP contribution >= 0.6 is 11.3 Å². The van der Waals surface area contributed by atoms with Gasteiger partial charge in [-0.2, -0.15) is 0 Å². The highest BCUT2D eigenvalue weighted by Crippen LogP contribution is 2.28. The molecule has 0 amide bonds. The fraction of sp³-hybridized carbons (Fsp3) is 0.367. The quantitative estimate of drug-likeness (QED) is 0.250. The van der Waals surface area contributed by atoms with Gasteiger partial charge < -0.3 is 30.7 Å². The number of hydrogen-bond donors (Lipinski definition) is 4. The van der Waals surface area contributed by atoms with Gasteiger partial charge in [0.15, 0.2) is 5.13 Å². The van der Waals surface area contributed by atoms with Crippen LogP contribution in [0.3, 0.4) is 0 Å². The molecule has 42 heavy (non-hydrogen) atoms. The van der Waals surface area contributed by atoms with Crippen molar-refractivity contribution in [1.82, 2.24) is 10.3 Å². The lowest BCUT2D eigenvalue weighted by atomic mass is 9.98. The molecule has 3 atom stereocenters. The zero-order chi connectivity index (χ0) is 30.8. The smallest absolute Gasteiger partial charge is 0.349 e. The average molecular weight is 598 g/mol. The van der Waals surface area contributed by atoms with Crippen LogP contribution < -0.4 is 11.1 Å². The average Bonchev–Trinajstić information content (AvgIpc) is 3.33. The summed E-state index contributed by atoms with van der Waals surface area (Å²) in [5.41, 5.74) is 8.72. The molecule has 0 saturated carbocycles. The Bertz CT molecular complexity index is 1310. The maximum Gasteiger partial charge on any atom is 0.349 e. The molecule has 1 aliphatic rings. The second kappa shape index (κ2) is 15.1. The first kappa shape index (κ1) is 32.2. The number of benzene rings is 2. The zero-order valence-corrected chi connectivity index (χ0v) is 24.5. The molecule has 0 radical (unpaired) electrons. The lowest BCUT2D eigenvalue weighted by Crippen LogP contribution is -2.45. The van der Waals surface area contributed by atoms with E-state index in [1.807, 2.05) is 0 Å². The number of esters is 2. The van der Waals surface area contributed by atoms with E-state index in [9.17, 15) is 29.4 Å². The van der Waals surface area contributed by atoms with Gasteiger partial charge in [0, 0.05) is 10.9 Å². The van der Waals surface area contributed by atoms with Crippen molar-refractivity contribution in [3.8, 4) is 0 Å². The van der Waals surface area contributed by atoms with Gasteiger partial charge in [0.1, 0.15) is 0 Å². The lowest BCUT2D eigenvalue weighted by Gasteiger charge is -2.21. The van der Waals surface area contributed by atoms with E-state index in [0.717, 1.165) is 35.6 Å². The van der Waals surface area contributed by atoms with Gasteiger partial charge in [-0.05, 0) is 70.3 Å². The number of anilines is 1. The molecule has 1 aliphatic carbocycles. The molecule has 0 spiro atoms. The number of nitrogen functional groups attached to an aromatic ring is 1. The molecule has 0 unspecified atom stereocenters. The van der Waals surface area contributed by atoms with Crippen LogP contribution in [0, 0.1) is 13.8 Å². The number of ether oxygens (including phenoxy) is 2. The summed E-state index contributed by atoms with van der Waals surface area (Å²) in [6.07, 6.45) is 0.167. The second-order valence-corrected chi connectivity index (χ2v) is 11.0. The van der Waals surface area contributed by atoms with Crippen molar-refractivity contribution in [2.24, 2.45) is 0 Å². The Morgan fingerprint density at radius 2 is 1.40 bits per heavy atom. The van der Waals surface area contributed by atoms with E-state index >= 15 is 0 Å². The summed E-state index contributed by atoms with van der Waals surface area (Å²) in [5, 5.41) is 22.9. The van der Waals surface area contributed by atoms with Crippen LogP contribution in [0.2, 0.25) is 0 Å². The molecule has 5 N–H and O–H groups in total. The van der Waals surface area contributed by atoms with Crippen molar-refractivity contribution in [1.29, 1.82) is 0 Å². The van der Waals surface area contributed by atoms with Gasteiger partial charge in [0.2, 0.25) is 12.2 Å². The molecule has 224 valence electrons. The van der Waals surface area contributed by atoms with Gasteiger partial charge in [0.25, 0.3) is 0 Å². The van der Waals surface area contributed by atoms with Crippen molar-refractivity contribution in [3.63, 3.8) is 0 Å². The summed E-state index contributed by atoms with van der Waals surface area (Å²) >= 11 is 1.65. The topological polar surface area (TPSA) is 178 Å². The SMILES string of the molecule is CCCN[C@H]1CCc2nc(N)sc2C1.Cc1ccc(C(=O)O[C@H](C(=O)O)[C@H](OC(=O)c2ccc(C)cc2)C(=O)O)cc1. The minimum atomic E-state index is -2.22. The van der Waals surface area contributed by atoms with Crippen LogP contribution in [0.5, 0.6) is 0 Å². The van der Waals surface area contributed by atoms with E-state index in [1.54, 1.807) is 49.4 Å². The number of carbonyl (C=O) groups excluding carboxylic acids is 2. The Morgan fingerprint density at radius 1 is 0.929 bits per heavy atom. The third-order valence-corrected chi connectivity index (χ3v) is 7.39. The second-order valence-electron chi connectivity index (χ2n) is 9.88. The number of rotatable bonds is 10. The number of hydrogen-bond acceptors (Lipinski definition) is 10. The van der Waals surface area contributed by atoms with Crippen LogP contribution in [-0.2, 0) is 31.9 Å². The highest BCUT2D eigenvalue weighted by Gasteiger charge is 2.41. The summed E-state index contributed by atoms with van der Waals surface area (Å²) in [6, 6.07) is 12.7. The van der Waals surface area contributed by atoms with Gasteiger partial charge in [-0.15, -0.1) is 11.3 Å². The molecule has 12 heteroatoms. The molecule has 0 bridgehead atoms. The van der Waals surface area contributed by atoms with Crippen LogP contribution in [-0.4, -0.2) is 63.9 Å². The number of aliphatic carboxylic acids is 2. The fourth-order valence-corrected chi connectivity index (χ4v) is 5.11. The molecule has 4 rings (SSSR count). The third kappa shape index (κ3) is 9.11. The molecular formula is C30H35N3O8S. The number of fused-ring (bicyclic) bond motifs is 1. The molecular weight excluding hydrogens is 562 g/mol. The van der Waals surface area contributed by atoms with Crippen molar-refractivity contribution in [2.45, 2.75) is 64.7 Å². The summed E-state index contributed by atoms with van der Waals surface area (Å²) in [6.45, 7) is 6.90. The lowest BCUT2D eigenvalue weighted by molar-refractivity contribution is -0.166. The number of carbonyl (C=O) groups is 4. The van der Waals surface area contributed by atoms with E-state index in [4.69, 9.17) is 15.2 Å². The third-order valence-electron chi connectivity index (χ3n) is 6.44. The summed E-state index contributed by atoms with van der Waals surface area (Å²) < 4.78 is 9.64. The first-order valence-electron chi connectivity index (χ1n) is 13.5. The molecule has 0 saturated heterocycles. The van der Waals surface area contributed by atoms with E-state index in [0.29, 0.717) is 6.04 Å². The van der Waals surface area contributed by atoms with E-state index in [2.05, 4.69) is 17.2 Å². The predicted molar refractivity (Wildman–Crippen MR) is 157 cm³/mol. The molecule has 0 aliphatic heterocycles. The molecule has 11 nitrogen and oxygen atoms in total. The Balaban J connectivity index is 0.000000287. The maximum absolute atomic E-state index is 12.2. The number of thiazole rings is 1. The number of aryl methyl sites for hydroxylation is 3. The molecule has 1 aromatic heterocycles. The van der Waals surface area contributed by atoms with Crippen molar-refractivity contribution in [2.75, 3.05) is 12.3 Å². The van der Waals surface area contributed by atoms with Crippen LogP contribution in [0.15, 0.2) is 48.5 Å². The largest absolute Gasteiger partial charge is 0.478 e. The molecule has 2 aromatic carbocycles. The first-order chi connectivity index (χ1) is 20.0. The Hall–Kier alpha value is -4.29. The van der Waals surface area contributed by atoms with E-state index in [-0.39, 0.29) is 11.1 Å². The number of aromatic nitrogens is 1. The summed E-state index contributed by atoms with van der Waals surface area (Å²) in [7, 11) is 0. The van der Waals surface area contributed by atoms with Gasteiger partial charge in [-0.1, -0.05) is 42.3 Å². The zero-order valence-electron chi connectivity index (χ0n) is 23.7. The Kier molecular flexibility index (Phi) is 11.6. The number of nitrogens with one attached hydrogen (secondary N) is 1. The monoisotopic (exact) mass is 597 g/mol. The minimum absolute atomic E-state index is 0.0332. The van der Waals surface area contributed by atoms with E-state index < -0.39 is 36.1 Å². The number of nitrogens with two attached hydrogens (primary N) is 1. The van der Waals surface area contributed by atoms with Gasteiger partial charge in [-0.25, -0.2) is 24.2 Å². The minimum Gasteiger partial charge on any atom is -0.478 e. The molecule has 1 heterocycles. The van der Waals surface area contributed by atoms with Gasteiger partial charge >= 0.3 is 23.9 Å². The molecule has 3 aromatic rings. The van der Waals surface area contributed by atoms with Gasteiger partial charge in [-0.3, -0.25) is 0 Å². The maximum atomic E-state index is 12.2.